The number of nitrogens with zero attached hydrogens (tertiary/aromatic N) is 1. The normalized spacial score (nSPS) is 18.9. The lowest BCUT2D eigenvalue weighted by Crippen LogP contribution is -2.40. The van der Waals surface area contributed by atoms with E-state index in [1.807, 2.05) is 78.9 Å². The molecule has 2 heterocycles. The summed E-state index contributed by atoms with van der Waals surface area (Å²) in [5.41, 5.74) is 0.752. The Morgan fingerprint density at radius 2 is 1.45 bits per heavy atom. The largest absolute Gasteiger partial charge is 0.497 e. The summed E-state index contributed by atoms with van der Waals surface area (Å²) in [4.78, 5) is 26.9. The number of hydrogen-bond donors (Lipinski definition) is 2. The van der Waals surface area contributed by atoms with Crippen molar-refractivity contribution >= 4 is 0 Å². The molecule has 0 unspecified atom stereocenters. The monoisotopic (exact) mass is 544 g/mol. The fraction of sp³-hybridized carbons (Fsp3) is 0.290. The van der Waals surface area contributed by atoms with E-state index >= 15 is 0 Å². The van der Waals surface area contributed by atoms with Crippen molar-refractivity contribution in [2.75, 3.05) is 20.8 Å². The molecule has 40 heavy (non-hydrogen) atoms. The van der Waals surface area contributed by atoms with Crippen LogP contribution < -0.4 is 20.7 Å². The van der Waals surface area contributed by atoms with Crippen molar-refractivity contribution in [2.24, 2.45) is 0 Å². The van der Waals surface area contributed by atoms with Gasteiger partial charge in [-0.05, 0) is 47.9 Å². The number of nitrogens with one attached hydrogen (secondary N) is 1. The Morgan fingerprint density at radius 3 is 1.98 bits per heavy atom. The van der Waals surface area contributed by atoms with Crippen LogP contribution in [0.5, 0.6) is 11.5 Å². The molecule has 0 saturated carbocycles. The van der Waals surface area contributed by atoms with Gasteiger partial charge < -0.3 is 24.1 Å². The smallest absolute Gasteiger partial charge is 0.330 e. The first-order chi connectivity index (χ1) is 19.4. The van der Waals surface area contributed by atoms with Gasteiger partial charge in [-0.15, -0.1) is 0 Å². The molecule has 0 spiro atoms. The van der Waals surface area contributed by atoms with Crippen LogP contribution in [0.25, 0.3) is 0 Å². The van der Waals surface area contributed by atoms with Crippen molar-refractivity contribution < 1.29 is 24.1 Å². The quantitative estimate of drug-likeness (QED) is 0.310. The summed E-state index contributed by atoms with van der Waals surface area (Å²) in [6.07, 6.45) is -0.370. The van der Waals surface area contributed by atoms with Crippen LogP contribution in [-0.4, -0.2) is 47.7 Å². The van der Waals surface area contributed by atoms with Gasteiger partial charge in [-0.3, -0.25) is 14.3 Å². The van der Waals surface area contributed by atoms with Gasteiger partial charge in [0.2, 0.25) is 0 Å². The first-order valence-electron chi connectivity index (χ1n) is 13.0. The summed E-state index contributed by atoms with van der Waals surface area (Å²) in [7, 11) is 3.23. The number of H-pyrrole nitrogens is 1. The van der Waals surface area contributed by atoms with Gasteiger partial charge in [0, 0.05) is 18.2 Å². The molecule has 0 bridgehead atoms. The first-order valence-corrected chi connectivity index (χ1v) is 13.0. The molecule has 9 nitrogen and oxygen atoms in total. The molecule has 0 amide bonds. The Balaban J connectivity index is 1.65. The van der Waals surface area contributed by atoms with Gasteiger partial charge in [0.25, 0.3) is 5.56 Å². The lowest BCUT2D eigenvalue weighted by Gasteiger charge is -2.39. The van der Waals surface area contributed by atoms with Crippen LogP contribution in [-0.2, 0) is 15.1 Å². The Kier molecular flexibility index (Phi) is 7.88. The zero-order valence-corrected chi connectivity index (χ0v) is 22.6. The number of hydrogen-bond acceptors (Lipinski definition) is 7. The van der Waals surface area contributed by atoms with Gasteiger partial charge in [0.1, 0.15) is 29.4 Å². The van der Waals surface area contributed by atoms with Crippen LogP contribution in [0.1, 0.15) is 34.9 Å². The van der Waals surface area contributed by atoms with Crippen molar-refractivity contribution in [1.82, 2.24) is 9.55 Å². The number of aryl methyl sites for hydroxylation is 1. The molecule has 3 atom stereocenters. The van der Waals surface area contributed by atoms with Crippen LogP contribution in [0.2, 0.25) is 0 Å². The molecule has 0 aliphatic carbocycles. The zero-order chi connectivity index (χ0) is 28.3. The van der Waals surface area contributed by atoms with Crippen molar-refractivity contribution in [2.45, 2.75) is 37.4 Å². The van der Waals surface area contributed by atoms with Gasteiger partial charge in [0.15, 0.2) is 0 Å². The Hall–Kier alpha value is -4.18. The zero-order valence-electron chi connectivity index (χ0n) is 22.6. The van der Waals surface area contributed by atoms with E-state index in [1.54, 1.807) is 21.1 Å². The topological polar surface area (TPSA) is 112 Å². The summed E-state index contributed by atoms with van der Waals surface area (Å²) >= 11 is 0. The first kappa shape index (κ1) is 27.4. The standard InChI is InChI=1S/C31H32N2O7/c1-20-18-33(30(36)32-29(20)35)28-17-26(27(19-34)39-28)40-31(21-7-5-4-6-8-21,22-9-13-24(37-2)14-10-22)23-11-15-25(38-3)16-12-23/h4-16,18,26-28,34H,17,19H2,1-3H3,(H,32,35,36)/t26-,27-,28+/m0/s1. The fourth-order valence-corrected chi connectivity index (χ4v) is 5.21. The van der Waals surface area contributed by atoms with Crippen molar-refractivity contribution in [1.29, 1.82) is 0 Å². The average Bonchev–Trinajstić information content (AvgIpc) is 3.40. The molecule has 0 radical (unpaired) electrons. The van der Waals surface area contributed by atoms with Gasteiger partial charge >= 0.3 is 5.69 Å². The molecule has 3 aromatic carbocycles. The minimum Gasteiger partial charge on any atom is -0.497 e. The van der Waals surface area contributed by atoms with E-state index in [4.69, 9.17) is 18.9 Å². The highest BCUT2D eigenvalue weighted by Crippen LogP contribution is 2.45. The number of aromatic amines is 1. The molecular weight excluding hydrogens is 512 g/mol. The third-order valence-corrected chi connectivity index (χ3v) is 7.32. The van der Waals surface area contributed by atoms with Crippen LogP contribution >= 0.6 is 0 Å². The molecule has 9 heteroatoms. The van der Waals surface area contributed by atoms with Crippen LogP contribution in [0.3, 0.4) is 0 Å². The van der Waals surface area contributed by atoms with Gasteiger partial charge in [-0.2, -0.15) is 0 Å². The minimum absolute atomic E-state index is 0.261. The second-order valence-electron chi connectivity index (χ2n) is 9.69. The Bertz CT molecular complexity index is 1500. The maximum atomic E-state index is 12.7. The minimum atomic E-state index is -1.12. The molecule has 1 aliphatic rings. The molecule has 1 fully saturated rings. The molecule has 2 N–H and O–H groups in total. The van der Waals surface area contributed by atoms with E-state index in [2.05, 4.69) is 4.98 Å². The van der Waals surface area contributed by atoms with Gasteiger partial charge in [-0.1, -0.05) is 54.6 Å². The maximum Gasteiger partial charge on any atom is 0.330 e. The highest BCUT2D eigenvalue weighted by atomic mass is 16.6. The van der Waals surface area contributed by atoms with Crippen LogP contribution in [0.15, 0.2) is 94.6 Å². The lowest BCUT2D eigenvalue weighted by molar-refractivity contribution is -0.0994. The van der Waals surface area contributed by atoms with E-state index in [0.29, 0.717) is 17.1 Å². The third kappa shape index (κ3) is 5.06. The van der Waals surface area contributed by atoms with E-state index in [1.165, 1.54) is 10.8 Å². The van der Waals surface area contributed by atoms with E-state index < -0.39 is 35.3 Å². The molecule has 4 aromatic rings. The van der Waals surface area contributed by atoms with Gasteiger partial charge in [0.05, 0.1) is 26.9 Å². The average molecular weight is 545 g/mol. The summed E-state index contributed by atoms with van der Waals surface area (Å²) in [5, 5.41) is 10.3. The number of aliphatic hydroxyl groups is 1. The highest BCUT2D eigenvalue weighted by molar-refractivity contribution is 5.50. The molecule has 208 valence electrons. The third-order valence-electron chi connectivity index (χ3n) is 7.32. The lowest BCUT2D eigenvalue weighted by atomic mass is 9.79. The predicted molar refractivity (Wildman–Crippen MR) is 149 cm³/mol. The van der Waals surface area contributed by atoms with Crippen molar-refractivity contribution in [3.63, 3.8) is 0 Å². The van der Waals surface area contributed by atoms with Crippen LogP contribution in [0.4, 0.5) is 0 Å². The summed E-state index contributed by atoms with van der Waals surface area (Å²) in [6, 6.07) is 25.1. The number of benzene rings is 3. The fourth-order valence-electron chi connectivity index (χ4n) is 5.21. The van der Waals surface area contributed by atoms with E-state index in [9.17, 15) is 14.7 Å². The SMILES string of the molecule is COc1ccc(C(O[C@H]2C[C@H](n3cc(C)c(=O)[nH]c3=O)O[C@H]2CO)(c2ccccc2)c2ccc(OC)cc2)cc1. The number of rotatable bonds is 9. The Labute approximate surface area is 231 Å². The summed E-state index contributed by atoms with van der Waals surface area (Å²) in [5.74, 6) is 1.40. The Morgan fingerprint density at radius 1 is 0.900 bits per heavy atom. The molecule has 1 aromatic heterocycles. The highest BCUT2D eigenvalue weighted by Gasteiger charge is 2.46. The molecule has 5 rings (SSSR count). The van der Waals surface area contributed by atoms with E-state index in [0.717, 1.165) is 16.7 Å². The number of aromatic nitrogens is 2. The summed E-state index contributed by atoms with van der Waals surface area (Å²) in [6.45, 7) is 1.30. The maximum absolute atomic E-state index is 12.7. The number of ether oxygens (including phenoxy) is 4. The molecule has 1 saturated heterocycles. The van der Waals surface area contributed by atoms with Crippen molar-refractivity contribution in [3.8, 4) is 11.5 Å². The van der Waals surface area contributed by atoms with Crippen LogP contribution in [0, 0.1) is 6.92 Å². The van der Waals surface area contributed by atoms with Crippen molar-refractivity contribution in [3.05, 3.63) is 128 Å². The predicted octanol–water partition coefficient (Wildman–Crippen LogP) is 3.52. The second kappa shape index (κ2) is 11.5. The van der Waals surface area contributed by atoms with Gasteiger partial charge in [-0.25, -0.2) is 4.79 Å². The molecule has 1 aliphatic heterocycles. The molecular formula is C31H32N2O7. The van der Waals surface area contributed by atoms with E-state index in [-0.39, 0.29) is 13.0 Å². The summed E-state index contributed by atoms with van der Waals surface area (Å²) < 4.78 is 25.4. The number of methoxy groups -OCH3 is 2. The second-order valence-corrected chi connectivity index (χ2v) is 9.69. The number of aliphatic hydroxyl groups excluding tert-OH is 1.